The van der Waals surface area contributed by atoms with Crippen LogP contribution in [-0.2, 0) is 9.59 Å². The lowest BCUT2D eigenvalue weighted by Crippen LogP contribution is -2.51. The number of amides is 2. The van der Waals surface area contributed by atoms with Crippen LogP contribution >= 0.6 is 0 Å². The molecule has 0 aromatic carbocycles. The van der Waals surface area contributed by atoms with Gasteiger partial charge in [-0.3, -0.25) is 9.59 Å². The van der Waals surface area contributed by atoms with E-state index in [2.05, 4.69) is 12.2 Å². The average molecular weight is 281 g/mol. The number of carbonyl (C=O) groups excluding carboxylic acids is 2. The Bertz CT molecular complexity index is 366. The van der Waals surface area contributed by atoms with Gasteiger partial charge in [-0.05, 0) is 44.9 Å². The van der Waals surface area contributed by atoms with E-state index in [1.807, 2.05) is 4.90 Å². The van der Waals surface area contributed by atoms with Crippen LogP contribution < -0.4 is 11.1 Å². The molecule has 20 heavy (non-hydrogen) atoms. The van der Waals surface area contributed by atoms with Gasteiger partial charge in [0.25, 0.3) is 0 Å². The fraction of sp³-hybridized carbons (Fsp3) is 0.867. The first-order valence-corrected chi connectivity index (χ1v) is 7.83. The topological polar surface area (TPSA) is 75.4 Å². The quantitative estimate of drug-likeness (QED) is 0.806. The predicted molar refractivity (Wildman–Crippen MR) is 77.9 cm³/mol. The van der Waals surface area contributed by atoms with Crippen LogP contribution in [0.5, 0.6) is 0 Å². The minimum absolute atomic E-state index is 0.0354. The minimum atomic E-state index is -0.440. The van der Waals surface area contributed by atoms with Crippen molar-refractivity contribution in [2.75, 3.05) is 13.1 Å². The van der Waals surface area contributed by atoms with Gasteiger partial charge >= 0.3 is 0 Å². The monoisotopic (exact) mass is 281 g/mol. The van der Waals surface area contributed by atoms with Gasteiger partial charge in [-0.25, -0.2) is 0 Å². The van der Waals surface area contributed by atoms with Crippen LogP contribution in [0.1, 0.15) is 46.0 Å². The van der Waals surface area contributed by atoms with Gasteiger partial charge in [0.05, 0.1) is 5.92 Å². The second-order valence-corrected chi connectivity index (χ2v) is 6.45. The van der Waals surface area contributed by atoms with Crippen molar-refractivity contribution in [3.63, 3.8) is 0 Å². The lowest BCUT2D eigenvalue weighted by Gasteiger charge is -2.32. The number of likely N-dealkylation sites (tertiary alicyclic amines) is 1. The highest BCUT2D eigenvalue weighted by Gasteiger charge is 2.33. The number of rotatable bonds is 3. The van der Waals surface area contributed by atoms with Crippen molar-refractivity contribution < 1.29 is 9.59 Å². The highest BCUT2D eigenvalue weighted by molar-refractivity contribution is 5.88. The minimum Gasteiger partial charge on any atom is -0.344 e. The van der Waals surface area contributed by atoms with Crippen LogP contribution in [0.4, 0.5) is 0 Å². The number of hydrogen-bond donors (Lipinski definition) is 2. The second kappa shape index (κ2) is 6.57. The third-order valence-corrected chi connectivity index (χ3v) is 4.65. The summed E-state index contributed by atoms with van der Waals surface area (Å²) in [6, 6.07) is -0.509. The van der Waals surface area contributed by atoms with E-state index in [-0.39, 0.29) is 23.8 Å². The number of nitrogens with one attached hydrogen (secondary N) is 1. The van der Waals surface area contributed by atoms with Gasteiger partial charge in [-0.15, -0.1) is 0 Å². The van der Waals surface area contributed by atoms with Crippen molar-refractivity contribution in [2.24, 2.45) is 17.6 Å². The Kier molecular flexibility index (Phi) is 5.02. The first-order valence-electron chi connectivity index (χ1n) is 7.83. The highest BCUT2D eigenvalue weighted by Crippen LogP contribution is 2.28. The van der Waals surface area contributed by atoms with E-state index < -0.39 is 6.04 Å². The van der Waals surface area contributed by atoms with Gasteiger partial charge in [0, 0.05) is 19.1 Å². The smallest absolute Gasteiger partial charge is 0.244 e. The van der Waals surface area contributed by atoms with Gasteiger partial charge in [0.1, 0.15) is 6.04 Å². The molecule has 2 rings (SSSR count). The lowest BCUT2D eigenvalue weighted by molar-refractivity contribution is -0.136. The molecule has 1 aliphatic carbocycles. The number of nitrogens with two attached hydrogens (primary N) is 1. The zero-order valence-electron chi connectivity index (χ0n) is 12.6. The third kappa shape index (κ3) is 3.51. The molecule has 1 saturated carbocycles. The van der Waals surface area contributed by atoms with E-state index >= 15 is 0 Å². The molecule has 1 heterocycles. The Hall–Kier alpha value is -1.10. The first-order chi connectivity index (χ1) is 9.49. The highest BCUT2D eigenvalue weighted by atomic mass is 16.2. The van der Waals surface area contributed by atoms with Crippen molar-refractivity contribution in [1.29, 1.82) is 0 Å². The average Bonchev–Trinajstić information content (AvgIpc) is 2.94. The summed E-state index contributed by atoms with van der Waals surface area (Å²) in [5.74, 6) is 0.375. The largest absolute Gasteiger partial charge is 0.344 e. The Morgan fingerprint density at radius 3 is 2.55 bits per heavy atom. The van der Waals surface area contributed by atoms with Crippen LogP contribution in [0.25, 0.3) is 0 Å². The van der Waals surface area contributed by atoms with E-state index in [9.17, 15) is 9.59 Å². The first kappa shape index (κ1) is 15.3. The van der Waals surface area contributed by atoms with Crippen molar-refractivity contribution in [1.82, 2.24) is 10.2 Å². The lowest BCUT2D eigenvalue weighted by atomic mass is 9.78. The molecular formula is C15H27N3O2. The van der Waals surface area contributed by atoms with Crippen LogP contribution in [0.15, 0.2) is 0 Å². The molecule has 0 aromatic rings. The van der Waals surface area contributed by atoms with Crippen LogP contribution in [0.3, 0.4) is 0 Å². The third-order valence-electron chi connectivity index (χ3n) is 4.65. The molecule has 2 aliphatic rings. The molecule has 3 N–H and O–H groups in total. The van der Waals surface area contributed by atoms with E-state index in [0.717, 1.165) is 45.2 Å². The molecule has 1 saturated heterocycles. The normalized spacial score (nSPS) is 31.9. The number of hydrogen-bond acceptors (Lipinski definition) is 3. The summed E-state index contributed by atoms with van der Waals surface area (Å²) in [6.07, 6.45) is 4.95. The zero-order valence-corrected chi connectivity index (χ0v) is 12.6. The fourth-order valence-electron chi connectivity index (χ4n) is 3.30. The molecule has 4 unspecified atom stereocenters. The van der Waals surface area contributed by atoms with Crippen LogP contribution in [0, 0.1) is 11.8 Å². The summed E-state index contributed by atoms with van der Waals surface area (Å²) in [5.41, 5.74) is 6.06. The van der Waals surface area contributed by atoms with E-state index in [4.69, 9.17) is 5.73 Å². The van der Waals surface area contributed by atoms with E-state index in [1.165, 1.54) is 0 Å². The predicted octanol–water partition coefficient (Wildman–Crippen LogP) is 0.877. The Morgan fingerprint density at radius 2 is 1.90 bits per heavy atom. The van der Waals surface area contributed by atoms with Crippen molar-refractivity contribution in [3.8, 4) is 0 Å². The van der Waals surface area contributed by atoms with Gasteiger partial charge < -0.3 is 16.0 Å². The molecule has 0 spiro atoms. The summed E-state index contributed by atoms with van der Waals surface area (Å²) in [4.78, 5) is 26.4. The molecular weight excluding hydrogens is 254 g/mol. The molecule has 4 atom stereocenters. The maximum absolute atomic E-state index is 12.3. The van der Waals surface area contributed by atoms with Crippen LogP contribution in [0.2, 0.25) is 0 Å². The molecule has 0 radical (unpaired) electrons. The molecule has 2 fully saturated rings. The van der Waals surface area contributed by atoms with Gasteiger partial charge in [0.15, 0.2) is 0 Å². The number of carbonyl (C=O) groups is 2. The van der Waals surface area contributed by atoms with E-state index in [0.29, 0.717) is 5.92 Å². The molecule has 0 aromatic heterocycles. The van der Waals surface area contributed by atoms with Crippen LogP contribution in [-0.4, -0.2) is 41.9 Å². The van der Waals surface area contributed by atoms with Gasteiger partial charge in [-0.2, -0.15) is 0 Å². The zero-order chi connectivity index (χ0) is 14.7. The Morgan fingerprint density at radius 1 is 1.25 bits per heavy atom. The maximum Gasteiger partial charge on any atom is 0.244 e. The molecule has 2 amide bonds. The fourth-order valence-corrected chi connectivity index (χ4v) is 3.30. The summed E-state index contributed by atoms with van der Waals surface area (Å²) in [7, 11) is 0. The molecule has 5 nitrogen and oxygen atoms in total. The van der Waals surface area contributed by atoms with Gasteiger partial charge in [-0.1, -0.05) is 6.92 Å². The van der Waals surface area contributed by atoms with Crippen molar-refractivity contribution in [3.05, 3.63) is 0 Å². The number of nitrogens with zero attached hydrogens (tertiary/aromatic N) is 1. The Balaban J connectivity index is 1.87. The van der Waals surface area contributed by atoms with E-state index in [1.54, 1.807) is 6.92 Å². The summed E-state index contributed by atoms with van der Waals surface area (Å²) >= 11 is 0. The Labute approximate surface area is 121 Å². The van der Waals surface area contributed by atoms with Gasteiger partial charge in [0.2, 0.25) is 11.8 Å². The summed E-state index contributed by atoms with van der Waals surface area (Å²) < 4.78 is 0. The molecule has 0 bridgehead atoms. The SMILES string of the molecule is CC1CCC(N)C(C(=O)NC(C)C(=O)N2CCCC2)C1. The second-order valence-electron chi connectivity index (χ2n) is 6.45. The molecule has 5 heteroatoms. The standard InChI is InChI=1S/C15H27N3O2/c1-10-5-6-13(16)12(9-10)14(19)17-11(2)15(20)18-7-3-4-8-18/h10-13H,3-9,16H2,1-2H3,(H,17,19). The maximum atomic E-state index is 12.3. The van der Waals surface area contributed by atoms with Crippen molar-refractivity contribution in [2.45, 2.75) is 58.0 Å². The summed E-state index contributed by atoms with van der Waals surface area (Å²) in [6.45, 7) is 5.57. The molecule has 1 aliphatic heterocycles. The van der Waals surface area contributed by atoms with Crippen molar-refractivity contribution >= 4 is 11.8 Å². The summed E-state index contributed by atoms with van der Waals surface area (Å²) in [5, 5.41) is 2.87. The molecule has 114 valence electrons.